The fourth-order valence-corrected chi connectivity index (χ4v) is 3.83. The molecule has 0 bridgehead atoms. The standard InChI is InChI=1S/C20H20F3N3O/c1-13-10-25-9-8-16-17(18(25)24-13)19(2,20(21,22)23)12-26(16)11-14-4-6-15(27-3)7-5-14/h4-10H,11-12H2,1-3H3. The summed E-state index contributed by atoms with van der Waals surface area (Å²) in [5.41, 5.74) is 0.855. The maximum atomic E-state index is 14.1. The molecule has 0 spiro atoms. The van der Waals surface area contributed by atoms with Gasteiger partial charge in [-0.15, -0.1) is 0 Å². The van der Waals surface area contributed by atoms with E-state index in [1.807, 2.05) is 24.3 Å². The van der Waals surface area contributed by atoms with Crippen LogP contribution in [0.1, 0.15) is 23.7 Å². The van der Waals surface area contributed by atoms with Crippen molar-refractivity contribution in [3.8, 4) is 5.75 Å². The number of pyridine rings is 1. The molecule has 0 aliphatic carbocycles. The van der Waals surface area contributed by atoms with Gasteiger partial charge in [0.05, 0.1) is 12.8 Å². The van der Waals surface area contributed by atoms with Crippen LogP contribution in [0.3, 0.4) is 0 Å². The minimum Gasteiger partial charge on any atom is -0.497 e. The molecule has 2 aromatic heterocycles. The number of rotatable bonds is 3. The van der Waals surface area contributed by atoms with E-state index in [-0.39, 0.29) is 12.1 Å². The van der Waals surface area contributed by atoms with Crippen LogP contribution in [0.15, 0.2) is 42.7 Å². The highest BCUT2D eigenvalue weighted by molar-refractivity contribution is 5.73. The molecule has 0 saturated carbocycles. The summed E-state index contributed by atoms with van der Waals surface area (Å²) in [6.07, 6.45) is -0.853. The first-order valence-corrected chi connectivity index (χ1v) is 8.66. The van der Waals surface area contributed by atoms with Crippen LogP contribution in [0.5, 0.6) is 5.75 Å². The number of halogens is 3. The number of ether oxygens (including phenoxy) is 1. The van der Waals surface area contributed by atoms with Gasteiger partial charge < -0.3 is 14.0 Å². The Kier molecular flexibility index (Phi) is 3.87. The molecule has 1 atom stereocenters. The predicted molar refractivity (Wildman–Crippen MR) is 97.4 cm³/mol. The normalized spacial score (nSPS) is 19.6. The lowest BCUT2D eigenvalue weighted by Crippen LogP contribution is -2.43. The smallest absolute Gasteiger partial charge is 0.400 e. The number of hydrogen-bond donors (Lipinski definition) is 0. The average Bonchev–Trinajstić information content (AvgIpc) is 3.13. The molecule has 3 aromatic rings. The summed E-state index contributed by atoms with van der Waals surface area (Å²) in [6, 6.07) is 9.14. The maximum absolute atomic E-state index is 14.1. The van der Waals surface area contributed by atoms with E-state index < -0.39 is 11.6 Å². The second-order valence-electron chi connectivity index (χ2n) is 7.22. The molecular formula is C20H20F3N3O. The second-order valence-corrected chi connectivity index (χ2v) is 7.22. The zero-order chi connectivity index (χ0) is 19.4. The Morgan fingerprint density at radius 1 is 1.19 bits per heavy atom. The van der Waals surface area contributed by atoms with E-state index in [9.17, 15) is 13.2 Å². The summed E-state index contributed by atoms with van der Waals surface area (Å²) in [5, 5.41) is 0. The molecule has 4 rings (SSSR count). The Morgan fingerprint density at radius 3 is 2.52 bits per heavy atom. The van der Waals surface area contributed by atoms with Crippen LogP contribution in [0.25, 0.3) is 5.65 Å². The Hall–Kier alpha value is -2.70. The summed E-state index contributed by atoms with van der Waals surface area (Å²) in [6.45, 7) is 3.31. The molecule has 4 nitrogen and oxygen atoms in total. The molecule has 0 radical (unpaired) electrons. The third kappa shape index (κ3) is 2.72. The van der Waals surface area contributed by atoms with Crippen LogP contribution < -0.4 is 9.64 Å². The van der Waals surface area contributed by atoms with E-state index in [4.69, 9.17) is 4.74 Å². The first kappa shape index (κ1) is 17.7. The number of nitrogens with zero attached hydrogens (tertiary/aromatic N) is 3. The topological polar surface area (TPSA) is 29.8 Å². The predicted octanol–water partition coefficient (Wildman–Crippen LogP) is 4.49. The van der Waals surface area contributed by atoms with Crippen molar-refractivity contribution in [2.75, 3.05) is 18.6 Å². The van der Waals surface area contributed by atoms with Gasteiger partial charge >= 0.3 is 6.18 Å². The molecule has 142 valence electrons. The van der Waals surface area contributed by atoms with Crippen LogP contribution in [-0.4, -0.2) is 29.2 Å². The largest absolute Gasteiger partial charge is 0.497 e. The summed E-state index contributed by atoms with van der Waals surface area (Å²) in [4.78, 5) is 6.16. The highest BCUT2D eigenvalue weighted by atomic mass is 19.4. The molecule has 0 amide bonds. The minimum atomic E-state index is -4.38. The Morgan fingerprint density at radius 2 is 1.89 bits per heavy atom. The molecule has 0 fully saturated rings. The molecule has 1 aromatic carbocycles. The quantitative estimate of drug-likeness (QED) is 0.676. The van der Waals surface area contributed by atoms with Crippen molar-refractivity contribution in [1.29, 1.82) is 0 Å². The minimum absolute atomic E-state index is 0.135. The van der Waals surface area contributed by atoms with E-state index in [1.165, 1.54) is 6.92 Å². The number of fused-ring (bicyclic) bond motifs is 3. The van der Waals surface area contributed by atoms with Gasteiger partial charge in [0.25, 0.3) is 0 Å². The molecule has 1 aliphatic heterocycles. The second kappa shape index (κ2) is 5.90. The highest BCUT2D eigenvalue weighted by Gasteiger charge is 2.58. The van der Waals surface area contributed by atoms with Crippen LogP contribution in [0.4, 0.5) is 18.9 Å². The van der Waals surface area contributed by atoms with Crippen molar-refractivity contribution < 1.29 is 17.9 Å². The van der Waals surface area contributed by atoms with Crippen molar-refractivity contribution in [3.63, 3.8) is 0 Å². The highest BCUT2D eigenvalue weighted by Crippen LogP contribution is 2.51. The van der Waals surface area contributed by atoms with Crippen LogP contribution in [-0.2, 0) is 12.0 Å². The van der Waals surface area contributed by atoms with Gasteiger partial charge in [-0.2, -0.15) is 13.2 Å². The van der Waals surface area contributed by atoms with Crippen LogP contribution >= 0.6 is 0 Å². The van der Waals surface area contributed by atoms with Gasteiger partial charge in [-0.3, -0.25) is 0 Å². The fourth-order valence-electron chi connectivity index (χ4n) is 3.83. The fraction of sp³-hybridized carbons (Fsp3) is 0.350. The van der Waals surface area contributed by atoms with E-state index in [1.54, 1.807) is 41.8 Å². The number of benzene rings is 1. The number of methoxy groups -OCH3 is 1. The molecule has 0 N–H and O–H groups in total. The van der Waals surface area contributed by atoms with Crippen LogP contribution in [0, 0.1) is 6.92 Å². The van der Waals surface area contributed by atoms with Gasteiger partial charge in [0.15, 0.2) is 0 Å². The maximum Gasteiger partial charge on any atom is 0.400 e. The van der Waals surface area contributed by atoms with Crippen molar-refractivity contribution in [3.05, 3.63) is 59.5 Å². The third-order valence-corrected chi connectivity index (χ3v) is 5.28. The Balaban J connectivity index is 1.81. The SMILES string of the molecule is COc1ccc(CN2CC(C)(C(F)(F)F)c3c2ccn2cc(C)nc32)cc1. The van der Waals surface area contributed by atoms with E-state index in [2.05, 4.69) is 4.98 Å². The van der Waals surface area contributed by atoms with Gasteiger partial charge in [-0.05, 0) is 37.6 Å². The van der Waals surface area contributed by atoms with E-state index >= 15 is 0 Å². The lowest BCUT2D eigenvalue weighted by atomic mass is 9.84. The van der Waals surface area contributed by atoms with Gasteiger partial charge in [0.1, 0.15) is 16.8 Å². The molecule has 1 unspecified atom stereocenters. The molecule has 1 aliphatic rings. The zero-order valence-corrected chi connectivity index (χ0v) is 15.3. The van der Waals surface area contributed by atoms with Crippen molar-refractivity contribution in [1.82, 2.24) is 9.38 Å². The average molecular weight is 375 g/mol. The van der Waals surface area contributed by atoms with Gasteiger partial charge in [0, 0.05) is 36.7 Å². The molecule has 0 saturated heterocycles. The molecular weight excluding hydrogens is 355 g/mol. The van der Waals surface area contributed by atoms with Gasteiger partial charge in [-0.1, -0.05) is 12.1 Å². The van der Waals surface area contributed by atoms with Crippen molar-refractivity contribution >= 4 is 11.3 Å². The molecule has 3 heterocycles. The summed E-state index contributed by atoms with van der Waals surface area (Å²) in [5.74, 6) is 0.718. The Labute approximate surface area is 155 Å². The molecule has 7 heteroatoms. The monoisotopic (exact) mass is 375 g/mol. The number of alkyl halides is 3. The number of aryl methyl sites for hydroxylation is 1. The van der Waals surface area contributed by atoms with Crippen molar-refractivity contribution in [2.24, 2.45) is 0 Å². The summed E-state index contributed by atoms with van der Waals surface area (Å²) in [7, 11) is 1.58. The molecule has 27 heavy (non-hydrogen) atoms. The summed E-state index contributed by atoms with van der Waals surface area (Å²) >= 11 is 0. The summed E-state index contributed by atoms with van der Waals surface area (Å²) < 4.78 is 49.1. The first-order chi connectivity index (χ1) is 12.7. The van der Waals surface area contributed by atoms with Crippen molar-refractivity contribution in [2.45, 2.75) is 32.0 Å². The van der Waals surface area contributed by atoms with Gasteiger partial charge in [0.2, 0.25) is 0 Å². The Bertz CT molecular complexity index is 994. The lowest BCUT2D eigenvalue weighted by Gasteiger charge is -2.29. The lowest BCUT2D eigenvalue weighted by molar-refractivity contribution is -0.180. The number of imidazole rings is 1. The van der Waals surface area contributed by atoms with E-state index in [0.717, 1.165) is 11.3 Å². The number of anilines is 1. The number of hydrogen-bond acceptors (Lipinski definition) is 3. The number of aromatic nitrogens is 2. The van der Waals surface area contributed by atoms with E-state index in [0.29, 0.717) is 23.6 Å². The zero-order valence-electron chi connectivity index (χ0n) is 15.3. The first-order valence-electron chi connectivity index (χ1n) is 8.66. The van der Waals surface area contributed by atoms with Gasteiger partial charge in [-0.25, -0.2) is 4.98 Å². The third-order valence-electron chi connectivity index (χ3n) is 5.28. The van der Waals surface area contributed by atoms with Crippen LogP contribution in [0.2, 0.25) is 0 Å².